The number of halogens is 1. The standard InChI is InChI=1S/C24H51FO3Si/c1-5-7-9-11-13-14-15-16-17-18-20-22-24(25)28-29(26-3,27-4)23-21-19-12-10-8-6-2/h24H,5-23H2,1-4H3. The van der Waals surface area contributed by atoms with Crippen molar-refractivity contribution in [2.45, 2.75) is 142 Å². The SMILES string of the molecule is CCCCCCCCCCCCCC(F)O[Si](CCCCCCCC)(OC)OC. The third-order valence-electron chi connectivity index (χ3n) is 5.80. The summed E-state index contributed by atoms with van der Waals surface area (Å²) < 4.78 is 31.2. The van der Waals surface area contributed by atoms with E-state index in [2.05, 4.69) is 13.8 Å². The van der Waals surface area contributed by atoms with Crippen LogP contribution in [-0.4, -0.2) is 29.4 Å². The van der Waals surface area contributed by atoms with Crippen molar-refractivity contribution in [1.82, 2.24) is 0 Å². The first-order valence-electron chi connectivity index (χ1n) is 12.6. The van der Waals surface area contributed by atoms with Gasteiger partial charge in [0.25, 0.3) is 0 Å². The second-order valence-electron chi connectivity index (χ2n) is 8.46. The smallest absolute Gasteiger partial charge is 0.377 e. The molecule has 1 unspecified atom stereocenters. The Labute approximate surface area is 182 Å². The Morgan fingerprint density at radius 2 is 0.966 bits per heavy atom. The lowest BCUT2D eigenvalue weighted by Gasteiger charge is -2.28. The van der Waals surface area contributed by atoms with Crippen LogP contribution in [-0.2, 0) is 13.3 Å². The van der Waals surface area contributed by atoms with Crippen molar-refractivity contribution in [2.24, 2.45) is 0 Å². The molecule has 29 heavy (non-hydrogen) atoms. The van der Waals surface area contributed by atoms with Crippen molar-refractivity contribution >= 4 is 8.80 Å². The van der Waals surface area contributed by atoms with E-state index in [0.29, 0.717) is 12.5 Å². The van der Waals surface area contributed by atoms with E-state index in [1.54, 1.807) is 14.2 Å². The fourth-order valence-corrected chi connectivity index (χ4v) is 5.86. The minimum Gasteiger partial charge on any atom is -0.377 e. The number of alkyl halides is 1. The van der Waals surface area contributed by atoms with Crippen LogP contribution in [0.5, 0.6) is 0 Å². The van der Waals surface area contributed by atoms with Gasteiger partial charge in [-0.3, -0.25) is 0 Å². The zero-order valence-corrected chi connectivity index (χ0v) is 21.1. The molecule has 0 aromatic rings. The Hall–Kier alpha value is 0.0269. The molecule has 0 saturated carbocycles. The van der Waals surface area contributed by atoms with Gasteiger partial charge in [-0.25, -0.2) is 4.39 Å². The second-order valence-corrected chi connectivity index (χ2v) is 11.4. The van der Waals surface area contributed by atoms with E-state index in [0.717, 1.165) is 25.7 Å². The fraction of sp³-hybridized carbons (Fsp3) is 1.00. The van der Waals surface area contributed by atoms with Crippen LogP contribution >= 0.6 is 0 Å². The summed E-state index contributed by atoms with van der Waals surface area (Å²) in [6.45, 7) is 4.48. The first-order chi connectivity index (χ1) is 14.1. The molecule has 0 heterocycles. The maximum Gasteiger partial charge on any atom is 0.502 e. The van der Waals surface area contributed by atoms with Crippen molar-refractivity contribution in [2.75, 3.05) is 14.2 Å². The maximum absolute atomic E-state index is 14.4. The molecular formula is C24H51FO3Si. The van der Waals surface area contributed by atoms with Crippen molar-refractivity contribution in [3.63, 3.8) is 0 Å². The third-order valence-corrected chi connectivity index (χ3v) is 8.63. The monoisotopic (exact) mass is 434 g/mol. The number of hydrogen-bond donors (Lipinski definition) is 0. The van der Waals surface area contributed by atoms with Crippen LogP contribution in [0.25, 0.3) is 0 Å². The highest BCUT2D eigenvalue weighted by atomic mass is 28.4. The Morgan fingerprint density at radius 1 is 0.586 bits per heavy atom. The summed E-state index contributed by atoms with van der Waals surface area (Å²) in [7, 11) is 0.348. The van der Waals surface area contributed by atoms with Gasteiger partial charge in [0.15, 0.2) is 6.36 Å². The third kappa shape index (κ3) is 17.4. The average Bonchev–Trinajstić information content (AvgIpc) is 2.73. The molecule has 0 bridgehead atoms. The molecule has 0 aliphatic rings. The highest BCUT2D eigenvalue weighted by molar-refractivity contribution is 6.60. The number of unbranched alkanes of at least 4 members (excludes halogenated alkanes) is 15. The lowest BCUT2D eigenvalue weighted by Crippen LogP contribution is -2.45. The van der Waals surface area contributed by atoms with Gasteiger partial charge in [-0.1, -0.05) is 110 Å². The summed E-state index contributed by atoms with van der Waals surface area (Å²) in [6, 6.07) is 0.713. The van der Waals surface area contributed by atoms with Crippen LogP contribution < -0.4 is 0 Å². The molecule has 3 nitrogen and oxygen atoms in total. The van der Waals surface area contributed by atoms with Crippen LogP contribution in [0, 0.1) is 0 Å². The van der Waals surface area contributed by atoms with E-state index >= 15 is 0 Å². The lowest BCUT2D eigenvalue weighted by molar-refractivity contribution is -0.0195. The Bertz CT molecular complexity index is 327. The van der Waals surface area contributed by atoms with Crippen molar-refractivity contribution in [3.05, 3.63) is 0 Å². The molecule has 5 heteroatoms. The van der Waals surface area contributed by atoms with Crippen LogP contribution in [0.3, 0.4) is 0 Å². The second kappa shape index (κ2) is 21.3. The molecule has 0 saturated heterocycles. The van der Waals surface area contributed by atoms with Gasteiger partial charge in [0.2, 0.25) is 0 Å². The molecular weight excluding hydrogens is 383 g/mol. The zero-order chi connectivity index (χ0) is 21.6. The predicted octanol–water partition coefficient (Wildman–Crippen LogP) is 8.59. The Balaban J connectivity index is 3.77. The highest BCUT2D eigenvalue weighted by Gasteiger charge is 2.41. The normalized spacial score (nSPS) is 13.1. The van der Waals surface area contributed by atoms with Gasteiger partial charge in [0.1, 0.15) is 0 Å². The van der Waals surface area contributed by atoms with E-state index in [4.69, 9.17) is 13.3 Å². The van der Waals surface area contributed by atoms with E-state index < -0.39 is 15.2 Å². The molecule has 0 fully saturated rings. The molecule has 0 amide bonds. The summed E-state index contributed by atoms with van der Waals surface area (Å²) in [4.78, 5) is 0. The van der Waals surface area contributed by atoms with E-state index in [1.165, 1.54) is 83.5 Å². The van der Waals surface area contributed by atoms with Crippen LogP contribution in [0.15, 0.2) is 0 Å². The lowest BCUT2D eigenvalue weighted by atomic mass is 10.1. The number of rotatable bonds is 23. The van der Waals surface area contributed by atoms with Gasteiger partial charge in [-0.2, -0.15) is 0 Å². The summed E-state index contributed by atoms with van der Waals surface area (Å²) in [5.41, 5.74) is 0. The summed E-state index contributed by atoms with van der Waals surface area (Å²) in [5, 5.41) is 0. The molecule has 0 aliphatic heterocycles. The summed E-state index contributed by atoms with van der Waals surface area (Å²) in [6.07, 6.45) is 20.3. The van der Waals surface area contributed by atoms with Gasteiger partial charge in [0, 0.05) is 26.7 Å². The Kier molecular flexibility index (Phi) is 21.3. The van der Waals surface area contributed by atoms with E-state index in [-0.39, 0.29) is 0 Å². The molecule has 0 aliphatic carbocycles. The van der Waals surface area contributed by atoms with Gasteiger partial charge in [-0.15, -0.1) is 0 Å². The summed E-state index contributed by atoms with van der Waals surface area (Å²) in [5.74, 6) is 0. The molecule has 0 spiro atoms. The zero-order valence-electron chi connectivity index (χ0n) is 20.1. The van der Waals surface area contributed by atoms with Crippen molar-refractivity contribution < 1.29 is 17.7 Å². The van der Waals surface area contributed by atoms with Crippen molar-refractivity contribution in [3.8, 4) is 0 Å². The van der Waals surface area contributed by atoms with Crippen LogP contribution in [0.2, 0.25) is 6.04 Å². The van der Waals surface area contributed by atoms with E-state index in [1.807, 2.05) is 0 Å². The predicted molar refractivity (Wildman–Crippen MR) is 125 cm³/mol. The Morgan fingerprint density at radius 3 is 1.38 bits per heavy atom. The van der Waals surface area contributed by atoms with E-state index in [9.17, 15) is 4.39 Å². The first kappa shape index (κ1) is 29.0. The molecule has 0 radical (unpaired) electrons. The van der Waals surface area contributed by atoms with Crippen molar-refractivity contribution in [1.29, 1.82) is 0 Å². The topological polar surface area (TPSA) is 27.7 Å². The van der Waals surface area contributed by atoms with Crippen LogP contribution in [0.1, 0.15) is 129 Å². The maximum atomic E-state index is 14.4. The molecule has 0 aromatic heterocycles. The quantitative estimate of drug-likeness (QED) is 0.119. The van der Waals surface area contributed by atoms with Gasteiger partial charge in [-0.05, 0) is 12.8 Å². The molecule has 0 aromatic carbocycles. The number of hydrogen-bond acceptors (Lipinski definition) is 3. The van der Waals surface area contributed by atoms with Gasteiger partial charge < -0.3 is 13.3 Å². The van der Waals surface area contributed by atoms with Gasteiger partial charge >= 0.3 is 8.80 Å². The molecule has 0 N–H and O–H groups in total. The molecule has 0 rings (SSSR count). The first-order valence-corrected chi connectivity index (χ1v) is 14.5. The fourth-order valence-electron chi connectivity index (χ4n) is 3.79. The van der Waals surface area contributed by atoms with Crippen LogP contribution in [0.4, 0.5) is 4.39 Å². The summed E-state index contributed by atoms with van der Waals surface area (Å²) >= 11 is 0. The van der Waals surface area contributed by atoms with Gasteiger partial charge in [0.05, 0.1) is 0 Å². The average molecular weight is 435 g/mol. The minimum absolute atomic E-state index is 0.453. The molecule has 1 atom stereocenters. The highest BCUT2D eigenvalue weighted by Crippen LogP contribution is 2.23. The molecule has 176 valence electrons. The largest absolute Gasteiger partial charge is 0.502 e. The minimum atomic E-state index is -2.85.